The number of rotatable bonds is 4. The number of hydrogen-bond acceptors (Lipinski definition) is 5. The molecule has 0 aromatic carbocycles. The van der Waals surface area contributed by atoms with Crippen LogP contribution in [-0.4, -0.2) is 45.1 Å². The van der Waals surface area contributed by atoms with Crippen molar-refractivity contribution in [2.24, 2.45) is 0 Å². The molecule has 1 aliphatic heterocycles. The minimum atomic E-state index is -0.503. The van der Waals surface area contributed by atoms with Crippen LogP contribution in [0.25, 0.3) is 0 Å². The van der Waals surface area contributed by atoms with Crippen LogP contribution >= 0.6 is 0 Å². The molecule has 1 heterocycles. The van der Waals surface area contributed by atoms with Crippen LogP contribution in [0.5, 0.6) is 0 Å². The SMILES string of the molecule is [2H]C[C@H]1O[C@@H]([B])CC1OC(=O)CCC(=O)OC. The number of carbonyl (C=O) groups excluding carboxylic acids is 2. The van der Waals surface area contributed by atoms with E-state index >= 15 is 0 Å². The molecule has 1 unspecified atom stereocenters. The molecule has 1 aliphatic rings. The van der Waals surface area contributed by atoms with Crippen LogP contribution in [0.2, 0.25) is 0 Å². The first kappa shape index (κ1) is 11.5. The number of hydrogen-bond donors (Lipinski definition) is 0. The zero-order valence-electron chi connectivity index (χ0n) is 10.2. The fourth-order valence-corrected chi connectivity index (χ4v) is 1.41. The summed E-state index contributed by atoms with van der Waals surface area (Å²) in [5, 5.41) is 0. The van der Waals surface area contributed by atoms with Crippen molar-refractivity contribution >= 4 is 19.8 Å². The van der Waals surface area contributed by atoms with Crippen LogP contribution < -0.4 is 0 Å². The van der Waals surface area contributed by atoms with Gasteiger partial charge in [-0.15, -0.1) is 0 Å². The Kier molecular flexibility index (Phi) is 4.21. The molecule has 0 N–H and O–H groups in total. The summed E-state index contributed by atoms with van der Waals surface area (Å²) in [5.74, 6) is -0.963. The van der Waals surface area contributed by atoms with Crippen molar-refractivity contribution in [2.75, 3.05) is 7.11 Å². The van der Waals surface area contributed by atoms with E-state index in [4.69, 9.17) is 18.7 Å². The Balaban J connectivity index is 2.32. The Hall–Kier alpha value is -1.04. The zero-order valence-corrected chi connectivity index (χ0v) is 9.18. The van der Waals surface area contributed by atoms with Crippen LogP contribution in [0, 0.1) is 0 Å². The summed E-state index contributed by atoms with van der Waals surface area (Å²) < 4.78 is 21.9. The molecule has 88 valence electrons. The standard InChI is InChI=1S/C10H15BO5/c1-6-7(5-8(11)15-6)16-10(13)4-3-9(12)14-2/h6-8H,3-5H2,1-2H3/t6-,7?,8-/m1/s1/i1D. The van der Waals surface area contributed by atoms with Gasteiger partial charge in [-0.05, 0) is 6.90 Å². The van der Waals surface area contributed by atoms with Gasteiger partial charge in [-0.1, -0.05) is 0 Å². The lowest BCUT2D eigenvalue weighted by Gasteiger charge is -2.14. The quantitative estimate of drug-likeness (QED) is 0.505. The van der Waals surface area contributed by atoms with E-state index in [-0.39, 0.29) is 19.7 Å². The molecule has 0 saturated carbocycles. The smallest absolute Gasteiger partial charge is 0.306 e. The van der Waals surface area contributed by atoms with Gasteiger partial charge in [0.25, 0.3) is 0 Å². The first-order chi connectivity index (χ1) is 8.06. The van der Waals surface area contributed by atoms with Gasteiger partial charge in [0.2, 0.25) is 0 Å². The van der Waals surface area contributed by atoms with Gasteiger partial charge in [0.15, 0.2) is 0 Å². The molecule has 0 amide bonds. The molecule has 1 fully saturated rings. The second-order valence-corrected chi connectivity index (χ2v) is 3.55. The number of carbonyl (C=O) groups is 2. The van der Waals surface area contributed by atoms with Crippen LogP contribution in [0.4, 0.5) is 0 Å². The summed E-state index contributed by atoms with van der Waals surface area (Å²) in [4.78, 5) is 22.2. The highest BCUT2D eigenvalue weighted by atomic mass is 16.6. The van der Waals surface area contributed by atoms with E-state index in [1.165, 1.54) is 7.11 Å². The molecule has 1 saturated heterocycles. The molecular formula is C10H15BO5. The van der Waals surface area contributed by atoms with E-state index in [0.717, 1.165) is 0 Å². The van der Waals surface area contributed by atoms with E-state index < -0.39 is 30.1 Å². The van der Waals surface area contributed by atoms with E-state index in [0.29, 0.717) is 6.42 Å². The topological polar surface area (TPSA) is 61.8 Å². The molecule has 5 nitrogen and oxygen atoms in total. The van der Waals surface area contributed by atoms with Crippen molar-refractivity contribution in [1.29, 1.82) is 0 Å². The van der Waals surface area contributed by atoms with Crippen LogP contribution in [-0.2, 0) is 23.8 Å². The lowest BCUT2D eigenvalue weighted by Crippen LogP contribution is -2.25. The van der Waals surface area contributed by atoms with Gasteiger partial charge in [0, 0.05) is 13.8 Å². The summed E-state index contributed by atoms with van der Waals surface area (Å²) in [6, 6.07) is -0.497. The van der Waals surface area contributed by atoms with Gasteiger partial charge in [0.05, 0.1) is 26.1 Å². The van der Waals surface area contributed by atoms with Gasteiger partial charge in [-0.25, -0.2) is 0 Å². The molecule has 0 spiro atoms. The van der Waals surface area contributed by atoms with Crippen LogP contribution in [0.3, 0.4) is 0 Å². The predicted molar refractivity (Wildman–Crippen MR) is 55.8 cm³/mol. The second kappa shape index (κ2) is 5.89. The van der Waals surface area contributed by atoms with E-state index in [1.54, 1.807) is 0 Å². The molecule has 6 heteroatoms. The monoisotopic (exact) mass is 227 g/mol. The first-order valence-corrected chi connectivity index (χ1v) is 5.03. The van der Waals surface area contributed by atoms with Crippen molar-refractivity contribution in [3.8, 4) is 0 Å². The van der Waals surface area contributed by atoms with Crippen molar-refractivity contribution < 1.29 is 25.2 Å². The predicted octanol–water partition coefficient (Wildman–Crippen LogP) is 0.155. The lowest BCUT2D eigenvalue weighted by atomic mass is 9.96. The fourth-order valence-electron chi connectivity index (χ4n) is 1.41. The normalized spacial score (nSPS) is 29.6. The third-order valence-corrected chi connectivity index (χ3v) is 2.27. The fraction of sp³-hybridized carbons (Fsp3) is 0.800. The Labute approximate surface area is 97.2 Å². The Morgan fingerprint density at radius 1 is 1.50 bits per heavy atom. The zero-order chi connectivity index (χ0) is 12.8. The molecule has 3 atom stereocenters. The highest BCUT2D eigenvalue weighted by Gasteiger charge is 2.32. The average molecular weight is 227 g/mol. The maximum atomic E-state index is 11.4. The van der Waals surface area contributed by atoms with Gasteiger partial charge in [0.1, 0.15) is 14.0 Å². The molecule has 0 aliphatic carbocycles. The highest BCUT2D eigenvalue weighted by molar-refractivity contribution is 6.11. The maximum Gasteiger partial charge on any atom is 0.306 e. The summed E-state index contributed by atoms with van der Waals surface area (Å²) >= 11 is 0. The third kappa shape index (κ3) is 3.85. The molecule has 16 heavy (non-hydrogen) atoms. The van der Waals surface area contributed by atoms with Crippen LogP contribution in [0.15, 0.2) is 0 Å². The average Bonchev–Trinajstić information content (AvgIpc) is 2.66. The Morgan fingerprint density at radius 2 is 2.19 bits per heavy atom. The largest absolute Gasteiger partial charge is 0.469 e. The summed E-state index contributed by atoms with van der Waals surface area (Å²) in [7, 11) is 6.80. The van der Waals surface area contributed by atoms with Crippen molar-refractivity contribution in [3.63, 3.8) is 0 Å². The molecular weight excluding hydrogens is 211 g/mol. The summed E-state index contributed by atoms with van der Waals surface area (Å²) in [6.07, 6.45) is -0.642. The minimum absolute atomic E-state index is 0.0113. The third-order valence-electron chi connectivity index (χ3n) is 2.27. The highest BCUT2D eigenvalue weighted by Crippen LogP contribution is 2.21. The van der Waals surface area contributed by atoms with E-state index in [9.17, 15) is 9.59 Å². The van der Waals surface area contributed by atoms with Gasteiger partial charge in [-0.3, -0.25) is 9.59 Å². The van der Waals surface area contributed by atoms with Gasteiger partial charge >= 0.3 is 11.9 Å². The summed E-state index contributed by atoms with van der Waals surface area (Å²) in [5.41, 5.74) is 0. The summed E-state index contributed by atoms with van der Waals surface area (Å²) in [6.45, 7) is -0.0113. The van der Waals surface area contributed by atoms with Crippen molar-refractivity contribution in [2.45, 2.75) is 44.4 Å². The van der Waals surface area contributed by atoms with Crippen molar-refractivity contribution in [3.05, 3.63) is 0 Å². The first-order valence-electron chi connectivity index (χ1n) is 5.74. The van der Waals surface area contributed by atoms with Crippen molar-refractivity contribution in [1.82, 2.24) is 0 Å². The molecule has 0 aromatic rings. The number of methoxy groups -OCH3 is 1. The molecule has 0 bridgehead atoms. The van der Waals surface area contributed by atoms with Gasteiger partial charge < -0.3 is 14.2 Å². The Bertz CT molecular complexity index is 286. The molecule has 1 rings (SSSR count). The van der Waals surface area contributed by atoms with E-state index in [2.05, 4.69) is 4.74 Å². The minimum Gasteiger partial charge on any atom is -0.469 e. The number of esters is 2. The lowest BCUT2D eigenvalue weighted by molar-refractivity contribution is -0.154. The second-order valence-electron chi connectivity index (χ2n) is 3.55. The Morgan fingerprint density at radius 3 is 2.81 bits per heavy atom. The molecule has 2 radical (unpaired) electrons. The van der Waals surface area contributed by atoms with Gasteiger partial charge in [-0.2, -0.15) is 0 Å². The van der Waals surface area contributed by atoms with Crippen LogP contribution in [0.1, 0.15) is 27.5 Å². The number of ether oxygens (including phenoxy) is 3. The molecule has 0 aromatic heterocycles. The van der Waals surface area contributed by atoms with E-state index in [1.807, 2.05) is 0 Å². The maximum absolute atomic E-state index is 11.4.